The zero-order chi connectivity index (χ0) is 18.4. The molecule has 1 fully saturated rings. The number of rotatable bonds is 6. The van der Waals surface area contributed by atoms with Crippen molar-refractivity contribution in [2.75, 3.05) is 33.1 Å². The molecule has 2 amide bonds. The molecule has 136 valence electrons. The van der Waals surface area contributed by atoms with Gasteiger partial charge in [-0.2, -0.15) is 5.10 Å². The minimum absolute atomic E-state index is 0.107. The van der Waals surface area contributed by atoms with Gasteiger partial charge >= 0.3 is 11.9 Å². The zero-order valence-corrected chi connectivity index (χ0v) is 14.8. The van der Waals surface area contributed by atoms with Crippen molar-refractivity contribution in [2.45, 2.75) is 19.3 Å². The first-order valence-electron chi connectivity index (χ1n) is 7.66. The predicted octanol–water partition coefficient (Wildman–Crippen LogP) is 0.118. The van der Waals surface area contributed by atoms with E-state index < -0.39 is 11.9 Å². The maximum atomic E-state index is 11.9. The average molecular weight is 369 g/mol. The third-order valence-corrected chi connectivity index (χ3v) is 4.58. The fraction of sp³-hybridized carbons (Fsp3) is 0.533. The summed E-state index contributed by atoms with van der Waals surface area (Å²) in [5.74, 6) is -1.08. The second-order valence-electron chi connectivity index (χ2n) is 5.29. The molecule has 2 aliphatic rings. The van der Waals surface area contributed by atoms with Crippen molar-refractivity contribution in [3.05, 3.63) is 11.1 Å². The van der Waals surface area contributed by atoms with Gasteiger partial charge in [0.1, 0.15) is 5.71 Å². The van der Waals surface area contributed by atoms with E-state index in [0.29, 0.717) is 18.0 Å². The number of hydrazone groups is 1. The molecule has 0 aromatic rings. The van der Waals surface area contributed by atoms with Crippen LogP contribution in [-0.4, -0.2) is 72.4 Å². The van der Waals surface area contributed by atoms with Gasteiger partial charge in [-0.05, 0) is 6.42 Å². The number of ether oxygens (including phenoxy) is 2. The summed E-state index contributed by atoms with van der Waals surface area (Å²) in [6.45, 7) is 0.433. The predicted molar refractivity (Wildman–Crippen MR) is 89.3 cm³/mol. The van der Waals surface area contributed by atoms with Crippen LogP contribution in [0.2, 0.25) is 0 Å². The van der Waals surface area contributed by atoms with Gasteiger partial charge in [0.25, 0.3) is 0 Å². The maximum absolute atomic E-state index is 11.9. The van der Waals surface area contributed by atoms with Crippen LogP contribution in [0.5, 0.6) is 0 Å². The van der Waals surface area contributed by atoms with Crippen molar-refractivity contribution in [3.8, 4) is 0 Å². The lowest BCUT2D eigenvalue weighted by Gasteiger charge is -2.19. The zero-order valence-electron chi connectivity index (χ0n) is 14.0. The van der Waals surface area contributed by atoms with Crippen LogP contribution in [-0.2, 0) is 28.7 Å². The molecule has 2 rings (SSSR count). The molecule has 2 aliphatic heterocycles. The summed E-state index contributed by atoms with van der Waals surface area (Å²) < 4.78 is 9.69. The van der Waals surface area contributed by atoms with Crippen molar-refractivity contribution >= 4 is 41.2 Å². The van der Waals surface area contributed by atoms with E-state index in [2.05, 4.69) is 9.84 Å². The Morgan fingerprint density at radius 3 is 2.72 bits per heavy atom. The Labute approximate surface area is 149 Å². The monoisotopic (exact) mass is 369 g/mol. The van der Waals surface area contributed by atoms with Gasteiger partial charge < -0.3 is 14.4 Å². The molecule has 2 heterocycles. The fourth-order valence-electron chi connectivity index (χ4n) is 2.22. The number of amides is 2. The number of hydrogen-bond acceptors (Lipinski definition) is 8. The number of carbonyl (C=O) groups is 4. The summed E-state index contributed by atoms with van der Waals surface area (Å²) in [6.07, 6.45) is 2.17. The van der Waals surface area contributed by atoms with Crippen LogP contribution in [0.25, 0.3) is 0 Å². The molecule has 0 bridgehead atoms. The standard InChI is InChI=1S/C15H19N3O6S/c1-17-11(19)5-4-10(16-17)15(22)24-7-3-6-18-12(20)9-25-13(18)8-14(21)23-2/h8H,3-7,9H2,1-2H3/b13-8+. The Morgan fingerprint density at radius 2 is 2.04 bits per heavy atom. The summed E-state index contributed by atoms with van der Waals surface area (Å²) in [5, 5.41) is 5.54. The van der Waals surface area contributed by atoms with E-state index in [0.717, 1.165) is 5.01 Å². The summed E-state index contributed by atoms with van der Waals surface area (Å²) in [7, 11) is 2.75. The highest BCUT2D eigenvalue weighted by Gasteiger charge is 2.27. The highest BCUT2D eigenvalue weighted by atomic mass is 32.2. The third-order valence-electron chi connectivity index (χ3n) is 3.56. The van der Waals surface area contributed by atoms with Crippen LogP contribution in [0.15, 0.2) is 16.2 Å². The topological polar surface area (TPSA) is 106 Å². The molecule has 9 nitrogen and oxygen atoms in total. The summed E-state index contributed by atoms with van der Waals surface area (Å²) in [6, 6.07) is 0. The van der Waals surface area contributed by atoms with Crippen molar-refractivity contribution in [1.82, 2.24) is 9.91 Å². The molecule has 0 radical (unpaired) electrons. The van der Waals surface area contributed by atoms with Gasteiger partial charge in [0.15, 0.2) is 0 Å². The van der Waals surface area contributed by atoms with Gasteiger partial charge in [-0.1, -0.05) is 11.8 Å². The first-order valence-corrected chi connectivity index (χ1v) is 8.65. The Balaban J connectivity index is 1.80. The number of thioether (sulfide) groups is 1. The minimum atomic E-state index is -0.563. The molecule has 10 heteroatoms. The van der Waals surface area contributed by atoms with Crippen molar-refractivity contribution in [1.29, 1.82) is 0 Å². The van der Waals surface area contributed by atoms with Crippen LogP contribution in [0.4, 0.5) is 0 Å². The molecule has 0 spiro atoms. The van der Waals surface area contributed by atoms with Crippen LogP contribution >= 0.6 is 11.8 Å². The lowest BCUT2D eigenvalue weighted by atomic mass is 10.2. The molecular formula is C15H19N3O6S. The van der Waals surface area contributed by atoms with E-state index in [1.54, 1.807) is 0 Å². The highest BCUT2D eigenvalue weighted by molar-refractivity contribution is 8.04. The van der Waals surface area contributed by atoms with Gasteiger partial charge in [0, 0.05) is 26.4 Å². The molecule has 0 aliphatic carbocycles. The minimum Gasteiger partial charge on any atom is -0.466 e. The Morgan fingerprint density at radius 1 is 1.28 bits per heavy atom. The number of esters is 2. The molecule has 25 heavy (non-hydrogen) atoms. The summed E-state index contributed by atoms with van der Waals surface area (Å²) in [4.78, 5) is 47.9. The first kappa shape index (κ1) is 19.0. The Bertz CT molecular complexity index is 645. The molecule has 0 aromatic heterocycles. The Kier molecular flexibility index (Phi) is 6.57. The van der Waals surface area contributed by atoms with Gasteiger partial charge in [0.2, 0.25) is 11.8 Å². The second kappa shape index (κ2) is 8.65. The van der Waals surface area contributed by atoms with Crippen LogP contribution < -0.4 is 0 Å². The second-order valence-corrected chi connectivity index (χ2v) is 6.29. The lowest BCUT2D eigenvalue weighted by Crippen LogP contribution is -2.32. The van der Waals surface area contributed by atoms with Crippen LogP contribution in [0, 0.1) is 0 Å². The summed E-state index contributed by atoms with van der Waals surface area (Å²) in [5.41, 5.74) is 0.209. The number of nitrogens with zero attached hydrogens (tertiary/aromatic N) is 3. The van der Waals surface area contributed by atoms with E-state index in [1.807, 2.05) is 0 Å². The number of methoxy groups -OCH3 is 1. The van der Waals surface area contributed by atoms with E-state index >= 15 is 0 Å². The van der Waals surface area contributed by atoms with Crippen LogP contribution in [0.3, 0.4) is 0 Å². The third kappa shape index (κ3) is 5.05. The summed E-state index contributed by atoms with van der Waals surface area (Å²) >= 11 is 1.26. The molecule has 0 aromatic carbocycles. The molecule has 0 N–H and O–H groups in total. The van der Waals surface area contributed by atoms with E-state index in [9.17, 15) is 19.2 Å². The molecule has 0 unspecified atom stereocenters. The molecular weight excluding hydrogens is 350 g/mol. The van der Waals surface area contributed by atoms with Crippen molar-refractivity contribution in [3.63, 3.8) is 0 Å². The van der Waals surface area contributed by atoms with E-state index in [4.69, 9.17) is 4.74 Å². The molecule has 1 saturated heterocycles. The largest absolute Gasteiger partial charge is 0.466 e. The normalized spacial score (nSPS) is 19.3. The average Bonchev–Trinajstić information content (AvgIpc) is 2.93. The van der Waals surface area contributed by atoms with Gasteiger partial charge in [-0.25, -0.2) is 14.6 Å². The van der Waals surface area contributed by atoms with Crippen molar-refractivity contribution in [2.24, 2.45) is 5.10 Å². The molecule has 0 saturated carbocycles. The van der Waals surface area contributed by atoms with Crippen molar-refractivity contribution < 1.29 is 28.7 Å². The molecule has 0 atom stereocenters. The van der Waals surface area contributed by atoms with Gasteiger partial charge in [0.05, 0.1) is 30.6 Å². The SMILES string of the molecule is COC(=O)/C=C1/SCC(=O)N1CCCOC(=O)C1=NN(C)C(=O)CC1. The maximum Gasteiger partial charge on any atom is 0.354 e. The van der Waals surface area contributed by atoms with Gasteiger partial charge in [-0.15, -0.1) is 0 Å². The highest BCUT2D eigenvalue weighted by Crippen LogP contribution is 2.28. The number of carbonyl (C=O) groups excluding carboxylic acids is 4. The van der Waals surface area contributed by atoms with E-state index in [-0.39, 0.29) is 42.7 Å². The fourth-order valence-corrected chi connectivity index (χ4v) is 3.17. The quantitative estimate of drug-likeness (QED) is 0.372. The van der Waals surface area contributed by atoms with Gasteiger partial charge in [-0.3, -0.25) is 9.59 Å². The Hall–Kier alpha value is -2.36. The first-order chi connectivity index (χ1) is 11.9. The van der Waals surface area contributed by atoms with E-state index in [1.165, 1.54) is 36.9 Å². The smallest absolute Gasteiger partial charge is 0.354 e. The lowest BCUT2D eigenvalue weighted by molar-refractivity contribution is -0.137. The number of hydrogen-bond donors (Lipinski definition) is 0. The van der Waals surface area contributed by atoms with Crippen LogP contribution in [0.1, 0.15) is 19.3 Å².